The predicted octanol–water partition coefficient (Wildman–Crippen LogP) is 8.78. The fourth-order valence-corrected chi connectivity index (χ4v) is 6.65. The Labute approximate surface area is 322 Å². The molecular formula is C43H80O10. The molecule has 0 amide bonds. The minimum absolute atomic E-state index is 0.214. The van der Waals surface area contributed by atoms with Crippen molar-refractivity contribution in [2.75, 3.05) is 19.8 Å². The number of rotatable bonds is 36. The maximum absolute atomic E-state index is 12.7. The summed E-state index contributed by atoms with van der Waals surface area (Å²) in [5.41, 5.74) is 0. The molecule has 10 nitrogen and oxygen atoms in total. The molecule has 10 heteroatoms. The highest BCUT2D eigenvalue weighted by atomic mass is 16.7. The van der Waals surface area contributed by atoms with Gasteiger partial charge in [-0.1, -0.05) is 154 Å². The molecule has 0 aromatic heterocycles. The molecule has 53 heavy (non-hydrogen) atoms. The van der Waals surface area contributed by atoms with Gasteiger partial charge in [0.15, 0.2) is 12.4 Å². The lowest BCUT2D eigenvalue weighted by Crippen LogP contribution is -2.59. The standard InChI is InChI=1S/C43H80O10/c1-3-5-7-9-11-13-15-16-17-18-19-20-21-22-24-26-28-30-32-39(46)52-36(35-51-43-42(49)41(48)40(47)37(33-44)53-43)34-50-38(45)31-29-27-25-23-14-12-10-8-6-4-2/h17-18,36-37,40-44,47-49H,3-16,19-35H2,1-2H3/b18-17-. The topological polar surface area (TPSA) is 152 Å². The Bertz CT molecular complexity index is 881. The summed E-state index contributed by atoms with van der Waals surface area (Å²) in [5, 5.41) is 40.0. The zero-order valence-corrected chi connectivity index (χ0v) is 33.8. The highest BCUT2D eigenvalue weighted by Gasteiger charge is 2.44. The molecule has 0 aromatic rings. The first-order chi connectivity index (χ1) is 25.8. The number of esters is 2. The quantitative estimate of drug-likeness (QED) is 0.0277. The van der Waals surface area contributed by atoms with E-state index in [1.54, 1.807) is 0 Å². The van der Waals surface area contributed by atoms with E-state index >= 15 is 0 Å². The average molecular weight is 757 g/mol. The van der Waals surface area contributed by atoms with Crippen LogP contribution in [0.15, 0.2) is 12.2 Å². The van der Waals surface area contributed by atoms with Gasteiger partial charge in [-0.05, 0) is 38.5 Å². The Balaban J connectivity index is 2.32. The van der Waals surface area contributed by atoms with Crippen molar-refractivity contribution in [3.63, 3.8) is 0 Å². The number of hydrogen-bond acceptors (Lipinski definition) is 10. The van der Waals surface area contributed by atoms with Crippen molar-refractivity contribution in [1.82, 2.24) is 0 Å². The van der Waals surface area contributed by atoms with Gasteiger partial charge in [-0.3, -0.25) is 9.59 Å². The van der Waals surface area contributed by atoms with Gasteiger partial charge >= 0.3 is 11.9 Å². The van der Waals surface area contributed by atoms with Crippen LogP contribution in [-0.2, 0) is 28.5 Å². The second-order valence-electron chi connectivity index (χ2n) is 15.2. The Kier molecular flexibility index (Phi) is 32.6. The third-order valence-electron chi connectivity index (χ3n) is 10.2. The van der Waals surface area contributed by atoms with Crippen LogP contribution in [0.3, 0.4) is 0 Å². The highest BCUT2D eigenvalue weighted by molar-refractivity contribution is 5.70. The number of unbranched alkanes of at least 4 members (excludes halogenated alkanes) is 23. The number of aliphatic hydroxyl groups is 4. The van der Waals surface area contributed by atoms with Crippen molar-refractivity contribution in [3.8, 4) is 0 Å². The van der Waals surface area contributed by atoms with E-state index in [2.05, 4.69) is 26.0 Å². The van der Waals surface area contributed by atoms with Gasteiger partial charge in [0.2, 0.25) is 0 Å². The maximum Gasteiger partial charge on any atom is 0.306 e. The van der Waals surface area contributed by atoms with Crippen LogP contribution in [0.2, 0.25) is 0 Å². The molecule has 0 spiro atoms. The van der Waals surface area contributed by atoms with Crippen LogP contribution in [0.4, 0.5) is 0 Å². The number of carbonyl (C=O) groups is 2. The number of allylic oxidation sites excluding steroid dienone is 2. The summed E-state index contributed by atoms with van der Waals surface area (Å²) in [6.45, 7) is 3.41. The maximum atomic E-state index is 12.7. The predicted molar refractivity (Wildman–Crippen MR) is 210 cm³/mol. The fraction of sp³-hybridized carbons (Fsp3) is 0.907. The van der Waals surface area contributed by atoms with Gasteiger partial charge in [0.1, 0.15) is 31.0 Å². The van der Waals surface area contributed by atoms with Crippen LogP contribution >= 0.6 is 0 Å². The first-order valence-corrected chi connectivity index (χ1v) is 21.8. The van der Waals surface area contributed by atoms with Crippen molar-refractivity contribution < 1.29 is 49.0 Å². The molecule has 0 aromatic carbocycles. The summed E-state index contributed by atoms with van der Waals surface area (Å²) < 4.78 is 22.1. The molecular weight excluding hydrogens is 676 g/mol. The zero-order valence-electron chi connectivity index (χ0n) is 33.8. The van der Waals surface area contributed by atoms with Crippen LogP contribution in [-0.4, -0.2) is 89.0 Å². The number of aliphatic hydroxyl groups excluding tert-OH is 4. The molecule has 6 atom stereocenters. The summed E-state index contributed by atoms with van der Waals surface area (Å²) in [6.07, 6.45) is 27.9. The van der Waals surface area contributed by atoms with E-state index in [9.17, 15) is 30.0 Å². The second kappa shape index (κ2) is 34.9. The lowest BCUT2D eigenvalue weighted by atomic mass is 9.99. The van der Waals surface area contributed by atoms with E-state index < -0.39 is 49.4 Å². The minimum Gasteiger partial charge on any atom is -0.462 e. The van der Waals surface area contributed by atoms with Crippen LogP contribution in [0, 0.1) is 0 Å². The van der Waals surface area contributed by atoms with Crippen molar-refractivity contribution in [3.05, 3.63) is 12.2 Å². The molecule has 1 aliphatic heterocycles. The second-order valence-corrected chi connectivity index (χ2v) is 15.2. The number of carbonyl (C=O) groups excluding carboxylic acids is 2. The molecule has 0 saturated carbocycles. The van der Waals surface area contributed by atoms with E-state index in [4.69, 9.17) is 18.9 Å². The lowest BCUT2D eigenvalue weighted by Gasteiger charge is -2.39. The summed E-state index contributed by atoms with van der Waals surface area (Å²) >= 11 is 0. The van der Waals surface area contributed by atoms with E-state index in [1.165, 1.54) is 116 Å². The molecule has 1 aliphatic rings. The van der Waals surface area contributed by atoms with Gasteiger partial charge < -0.3 is 39.4 Å². The van der Waals surface area contributed by atoms with Crippen LogP contribution in [0.25, 0.3) is 0 Å². The Morgan fingerprint density at radius 1 is 0.566 bits per heavy atom. The van der Waals surface area contributed by atoms with Crippen LogP contribution < -0.4 is 0 Å². The van der Waals surface area contributed by atoms with Gasteiger partial charge in [-0.15, -0.1) is 0 Å². The third-order valence-corrected chi connectivity index (χ3v) is 10.2. The SMILES string of the molecule is CCCCCCCCC/C=C\CCCCCCCCCC(=O)OC(COC(=O)CCCCCCCCCCCC)COC1OC(CO)C(O)C(O)C1O. The summed E-state index contributed by atoms with van der Waals surface area (Å²) in [5.74, 6) is -0.806. The molecule has 6 unspecified atom stereocenters. The van der Waals surface area contributed by atoms with Crippen molar-refractivity contribution in [1.29, 1.82) is 0 Å². The Morgan fingerprint density at radius 3 is 1.47 bits per heavy atom. The smallest absolute Gasteiger partial charge is 0.306 e. The normalized spacial score (nSPS) is 20.9. The van der Waals surface area contributed by atoms with Gasteiger partial charge in [0.25, 0.3) is 0 Å². The number of ether oxygens (including phenoxy) is 4. The minimum atomic E-state index is -1.59. The first-order valence-electron chi connectivity index (χ1n) is 21.8. The lowest BCUT2D eigenvalue weighted by molar-refractivity contribution is -0.305. The Morgan fingerprint density at radius 2 is 1.00 bits per heavy atom. The highest BCUT2D eigenvalue weighted by Crippen LogP contribution is 2.23. The molecule has 0 aliphatic carbocycles. The van der Waals surface area contributed by atoms with Gasteiger partial charge in [0, 0.05) is 12.8 Å². The molecule has 1 saturated heterocycles. The van der Waals surface area contributed by atoms with Gasteiger partial charge in [-0.25, -0.2) is 0 Å². The fourth-order valence-electron chi connectivity index (χ4n) is 6.65. The van der Waals surface area contributed by atoms with Crippen molar-refractivity contribution >= 4 is 11.9 Å². The Hall–Kier alpha value is -1.56. The van der Waals surface area contributed by atoms with Gasteiger partial charge in [-0.2, -0.15) is 0 Å². The van der Waals surface area contributed by atoms with Crippen LogP contribution in [0.1, 0.15) is 194 Å². The number of hydrogen-bond donors (Lipinski definition) is 4. The molecule has 0 bridgehead atoms. The van der Waals surface area contributed by atoms with Gasteiger partial charge in [0.05, 0.1) is 13.2 Å². The molecule has 1 heterocycles. The third kappa shape index (κ3) is 26.8. The van der Waals surface area contributed by atoms with Crippen LogP contribution in [0.5, 0.6) is 0 Å². The zero-order chi connectivity index (χ0) is 38.8. The molecule has 4 N–H and O–H groups in total. The molecule has 1 rings (SSSR count). The molecule has 312 valence electrons. The first kappa shape index (κ1) is 49.5. The van der Waals surface area contributed by atoms with E-state index in [0.717, 1.165) is 44.9 Å². The van der Waals surface area contributed by atoms with Crippen molar-refractivity contribution in [2.24, 2.45) is 0 Å². The molecule has 0 radical (unpaired) electrons. The molecule has 1 fully saturated rings. The largest absolute Gasteiger partial charge is 0.462 e. The van der Waals surface area contributed by atoms with E-state index in [-0.39, 0.29) is 32.0 Å². The van der Waals surface area contributed by atoms with Crippen molar-refractivity contribution in [2.45, 2.75) is 230 Å². The summed E-state index contributed by atoms with van der Waals surface area (Å²) in [7, 11) is 0. The van der Waals surface area contributed by atoms with E-state index in [1.807, 2.05) is 0 Å². The van der Waals surface area contributed by atoms with E-state index in [0.29, 0.717) is 6.42 Å². The monoisotopic (exact) mass is 757 g/mol. The average Bonchev–Trinajstić information content (AvgIpc) is 3.15. The summed E-state index contributed by atoms with van der Waals surface area (Å²) in [4.78, 5) is 25.2. The summed E-state index contributed by atoms with van der Waals surface area (Å²) in [6, 6.07) is 0.